The molecule has 15 heavy (non-hydrogen) atoms. The average Bonchev–Trinajstić information content (AvgIpc) is 2.29. The molecule has 0 aliphatic carbocycles. The molecule has 1 aromatic heterocycles. The smallest absolute Gasteiger partial charge is 0.147 e. The van der Waals surface area contributed by atoms with E-state index in [0.29, 0.717) is 18.1 Å². The van der Waals surface area contributed by atoms with E-state index in [1.54, 1.807) is 6.20 Å². The highest BCUT2D eigenvalue weighted by atomic mass is 16.3. The largest absolute Gasteiger partial charge is 0.395 e. The molecule has 0 spiro atoms. The number of anilines is 1. The standard InChI is InChI=1S/C10H17N3O2/c1-2-3-13(4-5-14)10-7-11-6-9(8-15)12-10/h6-7,14-15H,2-5,8H2,1H3. The molecule has 5 heteroatoms. The first-order valence-corrected chi connectivity index (χ1v) is 5.09. The van der Waals surface area contributed by atoms with Crippen LogP contribution in [-0.4, -0.2) is 39.9 Å². The third-order valence-corrected chi connectivity index (χ3v) is 2.02. The van der Waals surface area contributed by atoms with E-state index in [1.165, 1.54) is 6.20 Å². The first-order valence-electron chi connectivity index (χ1n) is 5.09. The van der Waals surface area contributed by atoms with Gasteiger partial charge in [0.15, 0.2) is 0 Å². The molecule has 2 N–H and O–H groups in total. The van der Waals surface area contributed by atoms with Gasteiger partial charge in [0, 0.05) is 13.1 Å². The number of aromatic nitrogens is 2. The van der Waals surface area contributed by atoms with E-state index in [1.807, 2.05) is 4.90 Å². The highest BCUT2D eigenvalue weighted by Crippen LogP contribution is 2.09. The van der Waals surface area contributed by atoms with Gasteiger partial charge in [0.25, 0.3) is 0 Å². The molecular formula is C10H17N3O2. The first kappa shape index (κ1) is 11.9. The average molecular weight is 211 g/mol. The Labute approximate surface area is 89.4 Å². The maximum Gasteiger partial charge on any atom is 0.147 e. The van der Waals surface area contributed by atoms with Crippen molar-refractivity contribution in [2.45, 2.75) is 20.0 Å². The Balaban J connectivity index is 2.79. The molecule has 0 fully saturated rings. The van der Waals surface area contributed by atoms with Gasteiger partial charge in [-0.25, -0.2) is 4.98 Å². The van der Waals surface area contributed by atoms with Crippen molar-refractivity contribution < 1.29 is 10.2 Å². The predicted molar refractivity (Wildman–Crippen MR) is 57.5 cm³/mol. The van der Waals surface area contributed by atoms with Crippen molar-refractivity contribution >= 4 is 5.82 Å². The van der Waals surface area contributed by atoms with Crippen LogP contribution in [0.5, 0.6) is 0 Å². The molecule has 0 aliphatic heterocycles. The molecule has 0 saturated heterocycles. The van der Waals surface area contributed by atoms with Crippen molar-refractivity contribution in [1.82, 2.24) is 9.97 Å². The second-order valence-corrected chi connectivity index (χ2v) is 3.24. The van der Waals surface area contributed by atoms with E-state index in [-0.39, 0.29) is 13.2 Å². The SMILES string of the molecule is CCCN(CCO)c1cncc(CO)n1. The van der Waals surface area contributed by atoms with Crippen molar-refractivity contribution in [3.63, 3.8) is 0 Å². The zero-order valence-electron chi connectivity index (χ0n) is 8.93. The minimum atomic E-state index is -0.111. The fourth-order valence-electron chi connectivity index (χ4n) is 1.35. The van der Waals surface area contributed by atoms with Crippen molar-refractivity contribution in [2.75, 3.05) is 24.6 Å². The summed E-state index contributed by atoms with van der Waals surface area (Å²) >= 11 is 0. The van der Waals surface area contributed by atoms with Crippen LogP contribution in [0.1, 0.15) is 19.0 Å². The number of hydrogen-bond donors (Lipinski definition) is 2. The van der Waals surface area contributed by atoms with Crippen LogP contribution in [0.4, 0.5) is 5.82 Å². The molecule has 0 atom stereocenters. The molecule has 0 unspecified atom stereocenters. The quantitative estimate of drug-likeness (QED) is 0.702. The molecule has 1 heterocycles. The molecule has 0 radical (unpaired) electrons. The fraction of sp³-hybridized carbons (Fsp3) is 0.600. The normalized spacial score (nSPS) is 10.3. The minimum absolute atomic E-state index is 0.0883. The summed E-state index contributed by atoms with van der Waals surface area (Å²) < 4.78 is 0. The third-order valence-electron chi connectivity index (χ3n) is 2.02. The number of aliphatic hydroxyl groups is 2. The number of rotatable bonds is 6. The molecule has 0 aliphatic rings. The van der Waals surface area contributed by atoms with Crippen molar-refractivity contribution in [2.24, 2.45) is 0 Å². The molecule has 5 nitrogen and oxygen atoms in total. The summed E-state index contributed by atoms with van der Waals surface area (Å²) in [4.78, 5) is 10.2. The van der Waals surface area contributed by atoms with Crippen LogP contribution in [0.25, 0.3) is 0 Å². The van der Waals surface area contributed by atoms with Crippen LogP contribution in [0, 0.1) is 0 Å². The van der Waals surface area contributed by atoms with Gasteiger partial charge in [-0.15, -0.1) is 0 Å². The van der Waals surface area contributed by atoms with Crippen LogP contribution in [0.3, 0.4) is 0 Å². The topological polar surface area (TPSA) is 69.5 Å². The zero-order chi connectivity index (χ0) is 11.1. The Bertz CT molecular complexity index is 288. The van der Waals surface area contributed by atoms with Gasteiger partial charge in [-0.05, 0) is 6.42 Å². The number of nitrogens with zero attached hydrogens (tertiary/aromatic N) is 3. The minimum Gasteiger partial charge on any atom is -0.395 e. The summed E-state index contributed by atoms with van der Waals surface area (Å²) in [6.07, 6.45) is 4.15. The second kappa shape index (κ2) is 6.31. The van der Waals surface area contributed by atoms with E-state index in [0.717, 1.165) is 13.0 Å². The van der Waals surface area contributed by atoms with E-state index in [2.05, 4.69) is 16.9 Å². The molecule has 0 bridgehead atoms. The maximum absolute atomic E-state index is 8.93. The third kappa shape index (κ3) is 3.45. The molecule has 0 saturated carbocycles. The summed E-state index contributed by atoms with van der Waals surface area (Å²) in [6.45, 7) is 3.40. The first-order chi connectivity index (χ1) is 7.31. The second-order valence-electron chi connectivity index (χ2n) is 3.24. The molecule has 84 valence electrons. The maximum atomic E-state index is 8.93. The highest BCUT2D eigenvalue weighted by Gasteiger charge is 2.07. The summed E-state index contributed by atoms with van der Waals surface area (Å²) in [5.74, 6) is 0.706. The summed E-state index contributed by atoms with van der Waals surface area (Å²) in [5, 5.41) is 17.8. The Morgan fingerprint density at radius 3 is 2.67 bits per heavy atom. The van der Waals surface area contributed by atoms with Crippen molar-refractivity contribution in [3.05, 3.63) is 18.1 Å². The van der Waals surface area contributed by atoms with E-state index >= 15 is 0 Å². The highest BCUT2D eigenvalue weighted by molar-refractivity contribution is 5.36. The van der Waals surface area contributed by atoms with Crippen molar-refractivity contribution in [3.8, 4) is 0 Å². The van der Waals surface area contributed by atoms with Crippen molar-refractivity contribution in [1.29, 1.82) is 0 Å². The van der Waals surface area contributed by atoms with Crippen LogP contribution < -0.4 is 4.90 Å². The van der Waals surface area contributed by atoms with Gasteiger partial charge >= 0.3 is 0 Å². The Morgan fingerprint density at radius 2 is 2.07 bits per heavy atom. The van der Waals surface area contributed by atoms with E-state index in [4.69, 9.17) is 10.2 Å². The lowest BCUT2D eigenvalue weighted by atomic mass is 10.4. The lowest BCUT2D eigenvalue weighted by molar-refractivity contribution is 0.276. The summed E-state index contributed by atoms with van der Waals surface area (Å²) in [7, 11) is 0. The lowest BCUT2D eigenvalue weighted by Crippen LogP contribution is -2.28. The van der Waals surface area contributed by atoms with Gasteiger partial charge in [0.1, 0.15) is 5.82 Å². The Morgan fingerprint density at radius 1 is 1.27 bits per heavy atom. The van der Waals surface area contributed by atoms with Gasteiger partial charge < -0.3 is 15.1 Å². The van der Waals surface area contributed by atoms with Gasteiger partial charge in [0.2, 0.25) is 0 Å². The predicted octanol–water partition coefficient (Wildman–Crippen LogP) is 0.178. The van der Waals surface area contributed by atoms with Gasteiger partial charge in [-0.2, -0.15) is 0 Å². The molecular weight excluding hydrogens is 194 g/mol. The number of aliphatic hydroxyl groups excluding tert-OH is 2. The van der Waals surface area contributed by atoms with Crippen LogP contribution in [-0.2, 0) is 6.61 Å². The Hall–Kier alpha value is -1.20. The molecule has 0 aromatic carbocycles. The lowest BCUT2D eigenvalue weighted by Gasteiger charge is -2.21. The van der Waals surface area contributed by atoms with Crippen LogP contribution in [0.2, 0.25) is 0 Å². The number of hydrogen-bond acceptors (Lipinski definition) is 5. The molecule has 1 rings (SSSR count). The Kier molecular flexibility index (Phi) is 5.00. The van der Waals surface area contributed by atoms with E-state index in [9.17, 15) is 0 Å². The summed E-state index contributed by atoms with van der Waals surface area (Å²) in [5.41, 5.74) is 0.548. The fourth-order valence-corrected chi connectivity index (χ4v) is 1.35. The van der Waals surface area contributed by atoms with Gasteiger partial charge in [0.05, 0.1) is 31.3 Å². The van der Waals surface area contributed by atoms with Gasteiger partial charge in [-0.3, -0.25) is 4.98 Å². The van der Waals surface area contributed by atoms with Gasteiger partial charge in [-0.1, -0.05) is 6.92 Å². The molecule has 1 aromatic rings. The van der Waals surface area contributed by atoms with Crippen LogP contribution in [0.15, 0.2) is 12.4 Å². The summed E-state index contributed by atoms with van der Waals surface area (Å²) in [6, 6.07) is 0. The zero-order valence-corrected chi connectivity index (χ0v) is 8.93. The monoisotopic (exact) mass is 211 g/mol. The molecule has 0 amide bonds. The van der Waals surface area contributed by atoms with Crippen LogP contribution >= 0.6 is 0 Å². The van der Waals surface area contributed by atoms with E-state index < -0.39 is 0 Å².